The fourth-order valence-corrected chi connectivity index (χ4v) is 1.77. The Bertz CT molecular complexity index is 561. The van der Waals surface area contributed by atoms with Gasteiger partial charge in [0.25, 0.3) is 0 Å². The predicted molar refractivity (Wildman–Crippen MR) is 72.5 cm³/mol. The molecule has 5 nitrogen and oxygen atoms in total. The van der Waals surface area contributed by atoms with Gasteiger partial charge in [-0.2, -0.15) is 0 Å². The van der Waals surface area contributed by atoms with Crippen LogP contribution < -0.4 is 4.90 Å². The summed E-state index contributed by atoms with van der Waals surface area (Å²) < 4.78 is 0. The maximum absolute atomic E-state index is 11.2. The fourth-order valence-electron chi connectivity index (χ4n) is 1.77. The van der Waals surface area contributed by atoms with Crippen LogP contribution >= 0.6 is 0 Å². The summed E-state index contributed by atoms with van der Waals surface area (Å²) in [5.41, 5.74) is 1.35. The molecule has 0 aliphatic rings. The van der Waals surface area contributed by atoms with Crippen molar-refractivity contribution in [2.75, 3.05) is 4.90 Å². The summed E-state index contributed by atoms with van der Waals surface area (Å²) in [4.78, 5) is 23.7. The molecule has 19 heavy (non-hydrogen) atoms. The first-order valence-corrected chi connectivity index (χ1v) is 5.47. The number of carboxylic acid groups (broad SMARTS) is 2. The standard InChI is InChI=1S/C14H15NO4/c1-8(2)15(9(3)4)12-7-10(13(16)17)5-6-11(12)14(18)19/h5-7H,1,3H2,2,4H3,(H,16,17)(H,18,19). The molecular formula is C14H15NO4. The fraction of sp³-hybridized carbons (Fsp3) is 0.143. The molecular weight excluding hydrogens is 246 g/mol. The molecule has 1 aromatic rings. The second-order valence-electron chi connectivity index (χ2n) is 4.15. The van der Waals surface area contributed by atoms with Crippen LogP contribution in [0.25, 0.3) is 0 Å². The van der Waals surface area contributed by atoms with E-state index in [0.29, 0.717) is 11.4 Å². The first-order chi connectivity index (χ1) is 8.75. The van der Waals surface area contributed by atoms with Crippen molar-refractivity contribution in [3.63, 3.8) is 0 Å². The van der Waals surface area contributed by atoms with E-state index in [0.717, 1.165) is 0 Å². The molecule has 2 N–H and O–H groups in total. The maximum atomic E-state index is 11.2. The average molecular weight is 261 g/mol. The number of anilines is 1. The lowest BCUT2D eigenvalue weighted by atomic mass is 10.1. The highest BCUT2D eigenvalue weighted by molar-refractivity contribution is 5.98. The Kier molecular flexibility index (Phi) is 4.11. The van der Waals surface area contributed by atoms with E-state index in [1.807, 2.05) is 0 Å². The van der Waals surface area contributed by atoms with E-state index >= 15 is 0 Å². The van der Waals surface area contributed by atoms with Crippen LogP contribution in [0.2, 0.25) is 0 Å². The third kappa shape index (κ3) is 3.01. The first-order valence-electron chi connectivity index (χ1n) is 5.47. The lowest BCUT2D eigenvalue weighted by Crippen LogP contribution is -2.20. The Morgan fingerprint density at radius 2 is 1.58 bits per heavy atom. The Labute approximate surface area is 111 Å². The Balaban J connectivity index is 3.55. The van der Waals surface area contributed by atoms with E-state index in [1.54, 1.807) is 13.8 Å². The molecule has 0 atom stereocenters. The van der Waals surface area contributed by atoms with Crippen LogP contribution in [-0.2, 0) is 0 Å². The predicted octanol–water partition coefficient (Wildman–Crippen LogP) is 2.96. The van der Waals surface area contributed by atoms with Gasteiger partial charge < -0.3 is 15.1 Å². The number of carboxylic acids is 2. The first kappa shape index (κ1) is 14.5. The minimum absolute atomic E-state index is 0.00370. The highest BCUT2D eigenvalue weighted by Crippen LogP contribution is 2.28. The molecule has 0 amide bonds. The summed E-state index contributed by atoms with van der Waals surface area (Å²) in [7, 11) is 0. The Morgan fingerprint density at radius 1 is 1.05 bits per heavy atom. The molecule has 0 bridgehead atoms. The van der Waals surface area contributed by atoms with Gasteiger partial charge in [0.05, 0.1) is 16.8 Å². The molecule has 1 rings (SSSR count). The molecule has 0 aliphatic carbocycles. The topological polar surface area (TPSA) is 77.8 Å². The van der Waals surface area contributed by atoms with Crippen LogP contribution in [0.4, 0.5) is 5.69 Å². The molecule has 100 valence electrons. The number of benzene rings is 1. The molecule has 0 saturated carbocycles. The van der Waals surface area contributed by atoms with Crippen molar-refractivity contribution in [3.8, 4) is 0 Å². The second-order valence-corrected chi connectivity index (χ2v) is 4.15. The summed E-state index contributed by atoms with van der Waals surface area (Å²) in [6.07, 6.45) is 0. The van der Waals surface area contributed by atoms with Crippen LogP contribution in [0, 0.1) is 0 Å². The summed E-state index contributed by atoms with van der Waals surface area (Å²) in [6.45, 7) is 10.9. The number of hydrogen-bond acceptors (Lipinski definition) is 3. The van der Waals surface area contributed by atoms with Gasteiger partial charge in [-0.1, -0.05) is 13.2 Å². The highest BCUT2D eigenvalue weighted by Gasteiger charge is 2.19. The van der Waals surface area contributed by atoms with E-state index in [-0.39, 0.29) is 16.8 Å². The van der Waals surface area contributed by atoms with Crippen molar-refractivity contribution in [2.45, 2.75) is 13.8 Å². The average Bonchev–Trinajstić information content (AvgIpc) is 2.27. The molecule has 0 radical (unpaired) electrons. The molecule has 1 aromatic carbocycles. The van der Waals surface area contributed by atoms with E-state index in [4.69, 9.17) is 5.11 Å². The number of allylic oxidation sites excluding steroid dienone is 2. The molecule has 0 aliphatic heterocycles. The molecule has 0 spiro atoms. The van der Waals surface area contributed by atoms with Gasteiger partial charge >= 0.3 is 11.9 Å². The van der Waals surface area contributed by atoms with Gasteiger partial charge in [-0.3, -0.25) is 0 Å². The Morgan fingerprint density at radius 3 is 1.95 bits per heavy atom. The van der Waals surface area contributed by atoms with Crippen molar-refractivity contribution >= 4 is 17.6 Å². The summed E-state index contributed by atoms with van der Waals surface area (Å²) in [5, 5.41) is 18.2. The normalized spacial score (nSPS) is 9.79. The zero-order chi connectivity index (χ0) is 14.7. The number of aromatic carboxylic acids is 2. The second kappa shape index (κ2) is 5.39. The van der Waals surface area contributed by atoms with E-state index < -0.39 is 11.9 Å². The summed E-state index contributed by atoms with van der Waals surface area (Å²) >= 11 is 0. The van der Waals surface area contributed by atoms with Crippen molar-refractivity contribution in [2.24, 2.45) is 0 Å². The van der Waals surface area contributed by atoms with Crippen LogP contribution in [0.3, 0.4) is 0 Å². The molecule has 0 fully saturated rings. The molecule has 5 heteroatoms. The highest BCUT2D eigenvalue weighted by atomic mass is 16.4. The number of hydrogen-bond donors (Lipinski definition) is 2. The van der Waals surface area contributed by atoms with Gasteiger partial charge in [-0.15, -0.1) is 0 Å². The lowest BCUT2D eigenvalue weighted by Gasteiger charge is -2.26. The molecule has 0 unspecified atom stereocenters. The quantitative estimate of drug-likeness (QED) is 0.852. The van der Waals surface area contributed by atoms with E-state index in [9.17, 15) is 14.7 Å². The van der Waals surface area contributed by atoms with Crippen molar-refractivity contribution in [1.82, 2.24) is 0 Å². The van der Waals surface area contributed by atoms with Crippen LogP contribution in [0.1, 0.15) is 34.6 Å². The minimum atomic E-state index is -1.14. The molecule has 0 aromatic heterocycles. The van der Waals surface area contributed by atoms with E-state index in [1.165, 1.54) is 23.1 Å². The van der Waals surface area contributed by atoms with Crippen LogP contribution in [0.5, 0.6) is 0 Å². The zero-order valence-corrected chi connectivity index (χ0v) is 10.8. The lowest BCUT2D eigenvalue weighted by molar-refractivity contribution is 0.0682. The third-order valence-electron chi connectivity index (χ3n) is 2.48. The summed E-state index contributed by atoms with van der Waals surface area (Å²) in [6, 6.07) is 3.82. The molecule has 0 saturated heterocycles. The largest absolute Gasteiger partial charge is 0.478 e. The van der Waals surface area contributed by atoms with Gasteiger partial charge in [0.15, 0.2) is 0 Å². The third-order valence-corrected chi connectivity index (χ3v) is 2.48. The number of carbonyl (C=O) groups is 2. The van der Waals surface area contributed by atoms with Gasteiger partial charge in [-0.05, 0) is 32.0 Å². The van der Waals surface area contributed by atoms with Gasteiger partial charge in [0.1, 0.15) is 0 Å². The smallest absolute Gasteiger partial charge is 0.337 e. The number of nitrogens with zero attached hydrogens (tertiary/aromatic N) is 1. The van der Waals surface area contributed by atoms with Crippen molar-refractivity contribution < 1.29 is 19.8 Å². The van der Waals surface area contributed by atoms with Crippen LogP contribution in [0.15, 0.2) is 42.8 Å². The van der Waals surface area contributed by atoms with Crippen molar-refractivity contribution in [3.05, 3.63) is 53.9 Å². The minimum Gasteiger partial charge on any atom is -0.478 e. The SMILES string of the molecule is C=C(C)N(C(=C)C)c1cc(C(=O)O)ccc1C(=O)O. The van der Waals surface area contributed by atoms with Crippen molar-refractivity contribution in [1.29, 1.82) is 0 Å². The monoisotopic (exact) mass is 261 g/mol. The summed E-state index contributed by atoms with van der Waals surface area (Å²) in [5.74, 6) is -2.26. The van der Waals surface area contributed by atoms with Crippen LogP contribution in [-0.4, -0.2) is 22.2 Å². The van der Waals surface area contributed by atoms with Gasteiger partial charge in [0.2, 0.25) is 0 Å². The maximum Gasteiger partial charge on any atom is 0.337 e. The van der Waals surface area contributed by atoms with Gasteiger partial charge in [-0.25, -0.2) is 9.59 Å². The zero-order valence-electron chi connectivity index (χ0n) is 10.8. The van der Waals surface area contributed by atoms with E-state index in [2.05, 4.69) is 13.2 Å². The van der Waals surface area contributed by atoms with Gasteiger partial charge in [0, 0.05) is 11.4 Å². The molecule has 0 heterocycles. The Hall–Kier alpha value is -2.56. The number of rotatable bonds is 5.